The highest BCUT2D eigenvalue weighted by molar-refractivity contribution is 9.10. The fraction of sp³-hybridized carbons (Fsp3) is 0.385. The number of nitrogens with one attached hydrogen (secondary N) is 2. The van der Waals surface area contributed by atoms with Gasteiger partial charge in [0.25, 0.3) is 0 Å². The smallest absolute Gasteiger partial charge is 0.223 e. The van der Waals surface area contributed by atoms with Gasteiger partial charge < -0.3 is 10.6 Å². The molecule has 0 radical (unpaired) electrons. The van der Waals surface area contributed by atoms with Gasteiger partial charge in [-0.15, -0.1) is 0 Å². The van der Waals surface area contributed by atoms with Crippen molar-refractivity contribution in [1.82, 2.24) is 5.32 Å². The molecule has 0 aliphatic carbocycles. The van der Waals surface area contributed by atoms with E-state index >= 15 is 0 Å². The molecular formula is C13H16BrN3O. The van der Waals surface area contributed by atoms with Crippen molar-refractivity contribution in [3.8, 4) is 6.07 Å². The predicted molar refractivity (Wildman–Crippen MR) is 75.1 cm³/mol. The second-order valence-corrected chi connectivity index (χ2v) is 4.81. The molecule has 1 aromatic carbocycles. The third-order valence-electron chi connectivity index (χ3n) is 2.28. The Morgan fingerprint density at radius 1 is 1.56 bits per heavy atom. The molecule has 4 nitrogen and oxygen atoms in total. The number of benzene rings is 1. The van der Waals surface area contributed by atoms with Gasteiger partial charge in [0.15, 0.2) is 0 Å². The molecule has 1 aromatic rings. The standard InChI is InChI=1S/C13H16BrN3O/c1-2-6-16-13(18)8-12(9-15)17-11-5-3-4-10(14)7-11/h3-5,7,12,17H,2,6,8H2,1H3,(H,16,18). The van der Waals surface area contributed by atoms with Crippen LogP contribution in [0.4, 0.5) is 5.69 Å². The highest BCUT2D eigenvalue weighted by Gasteiger charge is 2.12. The number of hydrogen-bond acceptors (Lipinski definition) is 3. The molecule has 1 atom stereocenters. The number of anilines is 1. The molecule has 0 saturated carbocycles. The Morgan fingerprint density at radius 2 is 2.33 bits per heavy atom. The Kier molecular flexibility index (Phi) is 6.23. The quantitative estimate of drug-likeness (QED) is 0.849. The Balaban J connectivity index is 2.52. The van der Waals surface area contributed by atoms with Crippen molar-refractivity contribution in [2.45, 2.75) is 25.8 Å². The van der Waals surface area contributed by atoms with E-state index in [9.17, 15) is 4.79 Å². The maximum Gasteiger partial charge on any atom is 0.223 e. The van der Waals surface area contributed by atoms with Gasteiger partial charge in [0.1, 0.15) is 6.04 Å². The molecule has 0 fully saturated rings. The summed E-state index contributed by atoms with van der Waals surface area (Å²) >= 11 is 3.36. The first kappa shape index (κ1) is 14.5. The molecule has 0 aliphatic rings. The normalized spacial score (nSPS) is 11.4. The zero-order valence-electron chi connectivity index (χ0n) is 10.2. The van der Waals surface area contributed by atoms with Crippen LogP contribution < -0.4 is 10.6 Å². The van der Waals surface area contributed by atoms with Crippen molar-refractivity contribution in [3.05, 3.63) is 28.7 Å². The molecule has 1 rings (SSSR count). The lowest BCUT2D eigenvalue weighted by molar-refractivity contribution is -0.121. The van der Waals surface area contributed by atoms with Crippen LogP contribution in [0.3, 0.4) is 0 Å². The minimum Gasteiger partial charge on any atom is -0.369 e. The van der Waals surface area contributed by atoms with Crippen molar-refractivity contribution >= 4 is 27.5 Å². The number of nitriles is 1. The van der Waals surface area contributed by atoms with Crippen LogP contribution in [0.25, 0.3) is 0 Å². The maximum absolute atomic E-state index is 11.5. The van der Waals surface area contributed by atoms with E-state index in [1.165, 1.54) is 0 Å². The lowest BCUT2D eigenvalue weighted by Crippen LogP contribution is -2.30. The third kappa shape index (κ3) is 5.19. The van der Waals surface area contributed by atoms with Crippen LogP contribution in [0.2, 0.25) is 0 Å². The monoisotopic (exact) mass is 309 g/mol. The Hall–Kier alpha value is -1.54. The van der Waals surface area contributed by atoms with E-state index in [2.05, 4.69) is 32.6 Å². The topological polar surface area (TPSA) is 64.9 Å². The molecule has 96 valence electrons. The molecular weight excluding hydrogens is 294 g/mol. The lowest BCUT2D eigenvalue weighted by atomic mass is 10.2. The van der Waals surface area contributed by atoms with Gasteiger partial charge in [0.2, 0.25) is 5.91 Å². The average molecular weight is 310 g/mol. The van der Waals surface area contributed by atoms with E-state index < -0.39 is 6.04 Å². The largest absolute Gasteiger partial charge is 0.369 e. The Bertz CT molecular complexity index is 442. The number of amides is 1. The molecule has 18 heavy (non-hydrogen) atoms. The molecule has 0 aliphatic heterocycles. The third-order valence-corrected chi connectivity index (χ3v) is 2.78. The fourth-order valence-electron chi connectivity index (χ4n) is 1.43. The van der Waals surface area contributed by atoms with Gasteiger partial charge in [0, 0.05) is 16.7 Å². The molecule has 0 aromatic heterocycles. The molecule has 0 heterocycles. The van der Waals surface area contributed by atoms with Crippen LogP contribution in [-0.2, 0) is 4.79 Å². The minimum atomic E-state index is -0.517. The van der Waals surface area contributed by atoms with E-state index in [0.29, 0.717) is 6.54 Å². The van der Waals surface area contributed by atoms with Crippen LogP contribution >= 0.6 is 15.9 Å². The number of carbonyl (C=O) groups is 1. The summed E-state index contributed by atoms with van der Waals surface area (Å²) in [6.07, 6.45) is 1.05. The van der Waals surface area contributed by atoms with E-state index in [1.54, 1.807) is 0 Å². The van der Waals surface area contributed by atoms with E-state index in [4.69, 9.17) is 5.26 Å². The number of carbonyl (C=O) groups excluding carboxylic acids is 1. The summed E-state index contributed by atoms with van der Waals surface area (Å²) in [6.45, 7) is 2.63. The van der Waals surface area contributed by atoms with Crippen LogP contribution in [-0.4, -0.2) is 18.5 Å². The summed E-state index contributed by atoms with van der Waals surface area (Å²) in [5, 5.41) is 14.8. The summed E-state index contributed by atoms with van der Waals surface area (Å²) in [6, 6.07) is 9.08. The first-order chi connectivity index (χ1) is 8.65. The van der Waals surface area contributed by atoms with E-state index in [0.717, 1.165) is 16.6 Å². The fourth-order valence-corrected chi connectivity index (χ4v) is 1.83. The Labute approximate surface area is 116 Å². The SMILES string of the molecule is CCCNC(=O)CC(C#N)Nc1cccc(Br)c1. The van der Waals surface area contributed by atoms with Crippen LogP contribution in [0, 0.1) is 11.3 Å². The van der Waals surface area contributed by atoms with Crippen molar-refractivity contribution in [3.63, 3.8) is 0 Å². The van der Waals surface area contributed by atoms with Crippen LogP contribution in [0.5, 0.6) is 0 Å². The molecule has 0 spiro atoms. The highest BCUT2D eigenvalue weighted by atomic mass is 79.9. The van der Waals surface area contributed by atoms with Crippen molar-refractivity contribution in [2.75, 3.05) is 11.9 Å². The Morgan fingerprint density at radius 3 is 2.94 bits per heavy atom. The van der Waals surface area contributed by atoms with Crippen LogP contribution in [0.1, 0.15) is 19.8 Å². The number of nitrogens with zero attached hydrogens (tertiary/aromatic N) is 1. The second kappa shape index (κ2) is 7.72. The van der Waals surface area contributed by atoms with Gasteiger partial charge >= 0.3 is 0 Å². The molecule has 2 N–H and O–H groups in total. The molecule has 1 unspecified atom stereocenters. The zero-order valence-corrected chi connectivity index (χ0v) is 11.8. The minimum absolute atomic E-state index is 0.106. The van der Waals surface area contributed by atoms with Crippen molar-refractivity contribution < 1.29 is 4.79 Å². The van der Waals surface area contributed by atoms with Gasteiger partial charge in [-0.1, -0.05) is 28.9 Å². The highest BCUT2D eigenvalue weighted by Crippen LogP contribution is 2.16. The summed E-state index contributed by atoms with van der Waals surface area (Å²) in [5.74, 6) is -0.106. The van der Waals surface area contributed by atoms with Crippen molar-refractivity contribution in [1.29, 1.82) is 5.26 Å². The van der Waals surface area contributed by atoms with Gasteiger partial charge in [-0.05, 0) is 24.6 Å². The molecule has 5 heteroatoms. The molecule has 1 amide bonds. The second-order valence-electron chi connectivity index (χ2n) is 3.89. The first-order valence-corrected chi connectivity index (χ1v) is 6.63. The zero-order chi connectivity index (χ0) is 13.4. The molecule has 0 saturated heterocycles. The van der Waals surface area contributed by atoms with Crippen LogP contribution in [0.15, 0.2) is 28.7 Å². The summed E-state index contributed by atoms with van der Waals surface area (Å²) in [4.78, 5) is 11.5. The van der Waals surface area contributed by atoms with E-state index in [1.807, 2.05) is 31.2 Å². The number of hydrogen-bond donors (Lipinski definition) is 2. The predicted octanol–water partition coefficient (Wildman–Crippen LogP) is 2.67. The molecule has 0 bridgehead atoms. The summed E-state index contributed by atoms with van der Waals surface area (Å²) in [5.41, 5.74) is 0.819. The lowest BCUT2D eigenvalue weighted by Gasteiger charge is -2.13. The maximum atomic E-state index is 11.5. The van der Waals surface area contributed by atoms with Gasteiger partial charge in [-0.25, -0.2) is 0 Å². The summed E-state index contributed by atoms with van der Waals surface area (Å²) in [7, 11) is 0. The summed E-state index contributed by atoms with van der Waals surface area (Å²) < 4.78 is 0.930. The van der Waals surface area contributed by atoms with Gasteiger partial charge in [-0.3, -0.25) is 4.79 Å². The van der Waals surface area contributed by atoms with Gasteiger partial charge in [0.05, 0.1) is 12.5 Å². The number of halogens is 1. The number of rotatable bonds is 6. The van der Waals surface area contributed by atoms with E-state index in [-0.39, 0.29) is 12.3 Å². The van der Waals surface area contributed by atoms with Crippen molar-refractivity contribution in [2.24, 2.45) is 0 Å². The average Bonchev–Trinajstić information content (AvgIpc) is 2.35. The first-order valence-electron chi connectivity index (χ1n) is 5.84. The van der Waals surface area contributed by atoms with Gasteiger partial charge in [-0.2, -0.15) is 5.26 Å².